The summed E-state index contributed by atoms with van der Waals surface area (Å²) in [6, 6.07) is 25.2. The molecule has 0 N–H and O–H groups in total. The van der Waals surface area contributed by atoms with Crippen molar-refractivity contribution in [1.29, 1.82) is 0 Å². The highest BCUT2D eigenvalue weighted by Crippen LogP contribution is 2.31. The first kappa shape index (κ1) is 26.9. The van der Waals surface area contributed by atoms with Gasteiger partial charge in [0.05, 0.1) is 5.56 Å². The monoisotopic (exact) mass is 530 g/mol. The quantitative estimate of drug-likeness (QED) is 0.243. The number of carbonyl (C=O) groups is 1. The third kappa shape index (κ3) is 6.51. The zero-order valence-electron chi connectivity index (χ0n) is 22.2. The molecule has 6 heteroatoms. The summed E-state index contributed by atoms with van der Waals surface area (Å²) in [5, 5.41) is 2.46. The second-order valence-electron chi connectivity index (χ2n) is 10.4. The lowest BCUT2D eigenvalue weighted by molar-refractivity contribution is -0.137. The molecular formula is C33H33F3N2O. The van der Waals surface area contributed by atoms with Crippen molar-refractivity contribution in [3.8, 4) is 11.1 Å². The molecule has 4 aromatic rings. The van der Waals surface area contributed by atoms with E-state index < -0.39 is 11.7 Å². The van der Waals surface area contributed by atoms with E-state index in [0.29, 0.717) is 17.7 Å². The average molecular weight is 531 g/mol. The Kier molecular flexibility index (Phi) is 8.03. The third-order valence-electron chi connectivity index (χ3n) is 7.63. The van der Waals surface area contributed by atoms with Gasteiger partial charge in [-0.05, 0) is 95.7 Å². The van der Waals surface area contributed by atoms with E-state index in [-0.39, 0.29) is 5.91 Å². The molecule has 1 fully saturated rings. The Morgan fingerprint density at radius 3 is 2.18 bits per heavy atom. The molecule has 39 heavy (non-hydrogen) atoms. The van der Waals surface area contributed by atoms with Crippen molar-refractivity contribution < 1.29 is 18.0 Å². The van der Waals surface area contributed by atoms with Crippen LogP contribution < -0.4 is 0 Å². The molecule has 0 atom stereocenters. The minimum atomic E-state index is -4.36. The van der Waals surface area contributed by atoms with Crippen molar-refractivity contribution in [2.45, 2.75) is 38.4 Å². The molecule has 0 saturated carbocycles. The minimum Gasteiger partial charge on any atom is -0.341 e. The summed E-state index contributed by atoms with van der Waals surface area (Å²) in [5.41, 5.74) is 3.86. The van der Waals surface area contributed by atoms with Crippen LogP contribution in [0.1, 0.15) is 46.3 Å². The van der Waals surface area contributed by atoms with Gasteiger partial charge in [0.1, 0.15) is 0 Å². The molecule has 0 spiro atoms. The van der Waals surface area contributed by atoms with Gasteiger partial charge in [-0.2, -0.15) is 13.2 Å². The predicted molar refractivity (Wildman–Crippen MR) is 151 cm³/mol. The van der Waals surface area contributed by atoms with Gasteiger partial charge in [0.15, 0.2) is 0 Å². The van der Waals surface area contributed by atoms with Gasteiger partial charge in [0.2, 0.25) is 0 Å². The lowest BCUT2D eigenvalue weighted by Crippen LogP contribution is -2.29. The van der Waals surface area contributed by atoms with Gasteiger partial charge in [-0.15, -0.1) is 0 Å². The maximum absolute atomic E-state index is 13.1. The Morgan fingerprint density at radius 1 is 0.846 bits per heavy atom. The summed E-state index contributed by atoms with van der Waals surface area (Å²) >= 11 is 0. The van der Waals surface area contributed by atoms with Crippen molar-refractivity contribution >= 4 is 16.7 Å². The Bertz CT molecular complexity index is 1420. The van der Waals surface area contributed by atoms with Crippen LogP contribution in [0, 0.1) is 0 Å². The number of likely N-dealkylation sites (tertiary alicyclic amines) is 1. The lowest BCUT2D eigenvalue weighted by Gasteiger charge is -2.26. The largest absolute Gasteiger partial charge is 0.416 e. The van der Waals surface area contributed by atoms with E-state index in [4.69, 9.17) is 0 Å². The molecular weight excluding hydrogens is 497 g/mol. The molecule has 0 radical (unpaired) electrons. The third-order valence-corrected chi connectivity index (χ3v) is 7.63. The van der Waals surface area contributed by atoms with Crippen LogP contribution in [-0.2, 0) is 19.1 Å². The fourth-order valence-corrected chi connectivity index (χ4v) is 5.36. The average Bonchev–Trinajstić information content (AvgIpc) is 2.95. The molecule has 1 heterocycles. The first-order valence-electron chi connectivity index (χ1n) is 13.5. The molecule has 5 rings (SSSR count). The molecule has 4 aromatic carbocycles. The van der Waals surface area contributed by atoms with E-state index in [9.17, 15) is 18.0 Å². The molecule has 3 nitrogen and oxygen atoms in total. The number of fused-ring (bicyclic) bond motifs is 1. The lowest BCUT2D eigenvalue weighted by atomic mass is 9.99. The van der Waals surface area contributed by atoms with Crippen molar-refractivity contribution in [3.05, 3.63) is 107 Å². The second-order valence-corrected chi connectivity index (χ2v) is 10.4. The van der Waals surface area contributed by atoms with Crippen LogP contribution in [0.15, 0.2) is 84.9 Å². The molecule has 0 bridgehead atoms. The Labute approximate surface area is 227 Å². The number of carbonyl (C=O) groups excluding carboxylic acids is 1. The number of hydrogen-bond acceptors (Lipinski definition) is 2. The molecule has 1 saturated heterocycles. The molecule has 1 aliphatic rings. The van der Waals surface area contributed by atoms with Crippen LogP contribution in [-0.4, -0.2) is 42.4 Å². The highest BCUT2D eigenvalue weighted by Gasteiger charge is 2.30. The topological polar surface area (TPSA) is 23.6 Å². The Balaban J connectivity index is 1.21. The number of hydrogen-bond donors (Lipinski definition) is 0. The fraction of sp³-hybridized carbons (Fsp3) is 0.303. The number of amides is 1. The van der Waals surface area contributed by atoms with Crippen LogP contribution in [0.25, 0.3) is 21.9 Å². The van der Waals surface area contributed by atoms with Crippen LogP contribution in [0.3, 0.4) is 0 Å². The SMILES string of the molecule is CN(CCc1cccc2cc(CN3CCCCC3)ccc12)C(=O)c1ccc(-c2ccc(C(F)(F)F)cc2)cc1. The first-order chi connectivity index (χ1) is 18.8. The molecule has 0 aliphatic carbocycles. The van der Waals surface area contributed by atoms with Gasteiger partial charge in [-0.1, -0.05) is 61.0 Å². The van der Waals surface area contributed by atoms with Crippen LogP contribution in [0.2, 0.25) is 0 Å². The summed E-state index contributed by atoms with van der Waals surface area (Å²) in [7, 11) is 1.80. The maximum Gasteiger partial charge on any atom is 0.416 e. The number of piperidine rings is 1. The number of rotatable bonds is 7. The number of likely N-dealkylation sites (N-methyl/N-ethyl adjacent to an activating group) is 1. The van der Waals surface area contributed by atoms with Crippen LogP contribution >= 0.6 is 0 Å². The van der Waals surface area contributed by atoms with E-state index in [0.717, 1.165) is 30.7 Å². The van der Waals surface area contributed by atoms with Gasteiger partial charge < -0.3 is 4.90 Å². The van der Waals surface area contributed by atoms with Crippen molar-refractivity contribution in [2.75, 3.05) is 26.7 Å². The predicted octanol–water partition coefficient (Wildman–Crippen LogP) is 7.83. The van der Waals surface area contributed by atoms with Crippen molar-refractivity contribution in [3.63, 3.8) is 0 Å². The summed E-state index contributed by atoms with van der Waals surface area (Å²) in [6.45, 7) is 3.93. The number of alkyl halides is 3. The first-order valence-corrected chi connectivity index (χ1v) is 13.5. The van der Waals surface area contributed by atoms with E-state index in [2.05, 4.69) is 41.3 Å². The van der Waals surface area contributed by atoms with E-state index in [1.54, 1.807) is 36.2 Å². The summed E-state index contributed by atoms with van der Waals surface area (Å²) in [4.78, 5) is 17.3. The van der Waals surface area contributed by atoms with Crippen molar-refractivity contribution in [2.24, 2.45) is 0 Å². The molecule has 0 aromatic heterocycles. The van der Waals surface area contributed by atoms with Gasteiger partial charge >= 0.3 is 6.18 Å². The molecule has 0 unspecified atom stereocenters. The normalized spacial score (nSPS) is 14.5. The smallest absolute Gasteiger partial charge is 0.341 e. The zero-order chi connectivity index (χ0) is 27.4. The van der Waals surface area contributed by atoms with Gasteiger partial charge in [0, 0.05) is 25.7 Å². The van der Waals surface area contributed by atoms with E-state index in [1.165, 1.54) is 66.4 Å². The summed E-state index contributed by atoms with van der Waals surface area (Å²) < 4.78 is 38.5. The number of halogens is 3. The van der Waals surface area contributed by atoms with Crippen molar-refractivity contribution in [1.82, 2.24) is 9.80 Å². The van der Waals surface area contributed by atoms with Gasteiger partial charge in [0.25, 0.3) is 5.91 Å². The Hall–Kier alpha value is -3.64. The number of nitrogens with zero attached hydrogens (tertiary/aromatic N) is 2. The standard InChI is InChI=1S/C33H33F3N2O/c1-37(32(39)28-11-9-25(10-12-28)26-13-15-30(16-14-26)33(34,35)36)21-18-27-6-5-7-29-22-24(8-17-31(27)29)23-38-19-3-2-4-20-38/h5-17,22H,2-4,18-21,23H2,1H3. The number of benzene rings is 4. The summed E-state index contributed by atoms with van der Waals surface area (Å²) in [6.07, 6.45) is 0.291. The Morgan fingerprint density at radius 2 is 1.51 bits per heavy atom. The minimum absolute atomic E-state index is 0.0852. The van der Waals surface area contributed by atoms with Crippen LogP contribution in [0.4, 0.5) is 13.2 Å². The molecule has 1 aliphatic heterocycles. The summed E-state index contributed by atoms with van der Waals surface area (Å²) in [5.74, 6) is -0.0852. The highest BCUT2D eigenvalue weighted by atomic mass is 19.4. The zero-order valence-corrected chi connectivity index (χ0v) is 22.2. The molecule has 202 valence electrons. The second kappa shape index (κ2) is 11.6. The fourth-order valence-electron chi connectivity index (χ4n) is 5.36. The van der Waals surface area contributed by atoms with E-state index >= 15 is 0 Å². The van der Waals surface area contributed by atoms with Crippen LogP contribution in [0.5, 0.6) is 0 Å². The van der Waals surface area contributed by atoms with E-state index in [1.807, 2.05) is 0 Å². The molecule has 1 amide bonds. The van der Waals surface area contributed by atoms with Gasteiger partial charge in [-0.3, -0.25) is 9.69 Å². The maximum atomic E-state index is 13.1. The highest BCUT2D eigenvalue weighted by molar-refractivity contribution is 5.94. The van der Waals surface area contributed by atoms with Gasteiger partial charge in [-0.25, -0.2) is 0 Å².